The van der Waals surface area contributed by atoms with E-state index in [2.05, 4.69) is 27.7 Å². The van der Waals surface area contributed by atoms with Gasteiger partial charge in [-0.2, -0.15) is 0 Å². The second-order valence-corrected chi connectivity index (χ2v) is 4.60. The minimum atomic E-state index is 0.141. The van der Waals surface area contributed by atoms with Crippen molar-refractivity contribution >= 4 is 17.4 Å². The smallest absolute Gasteiger partial charge is 0.150 e. The number of carbonyl (C=O) groups is 1. The summed E-state index contributed by atoms with van der Waals surface area (Å²) >= 11 is 5.55. The lowest BCUT2D eigenvalue weighted by atomic mass is 9.87. The van der Waals surface area contributed by atoms with Crippen LogP contribution in [0.1, 0.15) is 40.5 Å². The van der Waals surface area contributed by atoms with Gasteiger partial charge in [-0.15, -0.1) is 11.6 Å². The normalized spacial score (nSPS) is 11.7. The molecular weight excluding hydrogens is 184 g/mol. The maximum absolute atomic E-state index is 11.4. The average molecular weight is 204 g/mol. The molecule has 0 heterocycles. The molecule has 0 aromatic carbocycles. The molecule has 1 atom stereocenters. The summed E-state index contributed by atoms with van der Waals surface area (Å²) in [6.07, 6.45) is 1.85. The lowest BCUT2D eigenvalue weighted by Gasteiger charge is -2.18. The molecule has 0 bridgehead atoms. The molecule has 0 aliphatic carbocycles. The Labute approximate surface area is 86.9 Å². The Hall–Kier alpha value is -0.0400. The van der Waals surface area contributed by atoms with Gasteiger partial charge in [0.15, 0.2) is 5.78 Å². The number of alkyl halides is 1. The summed E-state index contributed by atoms with van der Waals surface area (Å²) < 4.78 is 0. The van der Waals surface area contributed by atoms with Gasteiger partial charge in [0.25, 0.3) is 0 Å². The van der Waals surface area contributed by atoms with Gasteiger partial charge in [0, 0.05) is 5.92 Å². The summed E-state index contributed by atoms with van der Waals surface area (Å²) in [6, 6.07) is 0. The average Bonchev–Trinajstić information content (AvgIpc) is 2.00. The van der Waals surface area contributed by atoms with Gasteiger partial charge in [-0.05, 0) is 24.7 Å². The third kappa shape index (κ3) is 6.09. The van der Waals surface area contributed by atoms with Gasteiger partial charge in [0.05, 0.1) is 5.88 Å². The van der Waals surface area contributed by atoms with E-state index in [1.54, 1.807) is 0 Å². The first-order valence-electron chi connectivity index (χ1n) is 4.85. The molecular formula is C11H20ClO. The molecule has 1 unspecified atom stereocenters. The van der Waals surface area contributed by atoms with Crippen LogP contribution in [0.5, 0.6) is 0 Å². The third-order valence-electron chi connectivity index (χ3n) is 2.00. The largest absolute Gasteiger partial charge is 0.298 e. The van der Waals surface area contributed by atoms with E-state index < -0.39 is 0 Å². The standard InChI is InChI=1S/C11H20ClO/c1-8(2)5-10(6-9(3)4)11(13)7-12/h8,10H,5-7H2,1-4H3. The van der Waals surface area contributed by atoms with Crippen molar-refractivity contribution in [3.63, 3.8) is 0 Å². The first kappa shape index (κ1) is 13.0. The molecule has 1 radical (unpaired) electrons. The van der Waals surface area contributed by atoms with Gasteiger partial charge >= 0.3 is 0 Å². The number of hydrogen-bond donors (Lipinski definition) is 0. The van der Waals surface area contributed by atoms with E-state index in [1.165, 1.54) is 5.92 Å². The molecule has 0 saturated carbocycles. The topological polar surface area (TPSA) is 17.1 Å². The lowest BCUT2D eigenvalue weighted by molar-refractivity contribution is -0.121. The number of Topliss-reactive ketones (excluding diaryl/α,β-unsaturated/α-hetero) is 1. The number of ketones is 1. The van der Waals surface area contributed by atoms with Crippen molar-refractivity contribution in [1.29, 1.82) is 0 Å². The Morgan fingerprint density at radius 1 is 1.31 bits per heavy atom. The van der Waals surface area contributed by atoms with E-state index in [0.717, 1.165) is 12.8 Å². The SMILES string of the molecule is C[C](C)CC(CC(C)C)C(=O)CCl. The summed E-state index contributed by atoms with van der Waals surface area (Å²) in [5, 5.41) is 0. The van der Waals surface area contributed by atoms with E-state index in [9.17, 15) is 4.79 Å². The van der Waals surface area contributed by atoms with Crippen molar-refractivity contribution in [2.75, 3.05) is 5.88 Å². The molecule has 0 rings (SSSR count). The van der Waals surface area contributed by atoms with Crippen LogP contribution >= 0.6 is 11.6 Å². The molecule has 0 N–H and O–H groups in total. The zero-order valence-electron chi connectivity index (χ0n) is 9.06. The van der Waals surface area contributed by atoms with Crippen molar-refractivity contribution in [2.45, 2.75) is 40.5 Å². The lowest BCUT2D eigenvalue weighted by Crippen LogP contribution is -2.19. The van der Waals surface area contributed by atoms with E-state index in [0.29, 0.717) is 5.92 Å². The van der Waals surface area contributed by atoms with Crippen LogP contribution in [0.25, 0.3) is 0 Å². The van der Waals surface area contributed by atoms with Crippen LogP contribution in [0.3, 0.4) is 0 Å². The fraction of sp³-hybridized carbons (Fsp3) is 0.818. The summed E-state index contributed by atoms with van der Waals surface area (Å²) in [5.41, 5.74) is 0. The number of halogens is 1. The highest BCUT2D eigenvalue weighted by Gasteiger charge is 2.19. The van der Waals surface area contributed by atoms with Gasteiger partial charge in [-0.1, -0.05) is 27.7 Å². The molecule has 0 spiro atoms. The van der Waals surface area contributed by atoms with Crippen molar-refractivity contribution < 1.29 is 4.79 Å². The van der Waals surface area contributed by atoms with Crippen LogP contribution in [-0.2, 0) is 4.79 Å². The summed E-state index contributed by atoms with van der Waals surface area (Å²) in [4.78, 5) is 11.4. The van der Waals surface area contributed by atoms with Crippen molar-refractivity contribution in [3.8, 4) is 0 Å². The predicted octanol–water partition coefficient (Wildman–Crippen LogP) is 3.46. The Morgan fingerprint density at radius 3 is 2.15 bits per heavy atom. The number of hydrogen-bond acceptors (Lipinski definition) is 1. The monoisotopic (exact) mass is 203 g/mol. The molecule has 0 saturated heterocycles. The van der Waals surface area contributed by atoms with Gasteiger partial charge < -0.3 is 0 Å². The molecule has 0 fully saturated rings. The van der Waals surface area contributed by atoms with E-state index in [-0.39, 0.29) is 17.6 Å². The van der Waals surface area contributed by atoms with Crippen LogP contribution in [-0.4, -0.2) is 11.7 Å². The zero-order chi connectivity index (χ0) is 10.4. The van der Waals surface area contributed by atoms with Gasteiger partial charge in [0.1, 0.15) is 0 Å². The summed E-state index contributed by atoms with van der Waals surface area (Å²) in [5.74, 6) is 2.37. The third-order valence-corrected chi connectivity index (χ3v) is 2.26. The van der Waals surface area contributed by atoms with Crippen molar-refractivity contribution in [3.05, 3.63) is 5.92 Å². The highest BCUT2D eigenvalue weighted by Crippen LogP contribution is 2.22. The highest BCUT2D eigenvalue weighted by molar-refractivity contribution is 6.27. The second-order valence-electron chi connectivity index (χ2n) is 4.34. The van der Waals surface area contributed by atoms with Crippen molar-refractivity contribution in [2.24, 2.45) is 11.8 Å². The summed E-state index contributed by atoms with van der Waals surface area (Å²) in [6.45, 7) is 8.41. The highest BCUT2D eigenvalue weighted by atomic mass is 35.5. The van der Waals surface area contributed by atoms with E-state index >= 15 is 0 Å². The zero-order valence-corrected chi connectivity index (χ0v) is 9.82. The molecule has 2 heteroatoms. The number of carbonyl (C=O) groups excluding carboxylic acids is 1. The fourth-order valence-corrected chi connectivity index (χ4v) is 1.72. The fourth-order valence-electron chi connectivity index (χ4n) is 1.50. The molecule has 0 aliphatic rings. The molecule has 0 aliphatic heterocycles. The molecule has 1 nitrogen and oxygen atoms in total. The minimum Gasteiger partial charge on any atom is -0.298 e. The van der Waals surface area contributed by atoms with Crippen LogP contribution < -0.4 is 0 Å². The van der Waals surface area contributed by atoms with E-state index in [1.807, 2.05) is 0 Å². The Balaban J connectivity index is 4.10. The Morgan fingerprint density at radius 2 is 1.85 bits per heavy atom. The quantitative estimate of drug-likeness (QED) is 0.605. The van der Waals surface area contributed by atoms with Crippen molar-refractivity contribution in [1.82, 2.24) is 0 Å². The van der Waals surface area contributed by atoms with Gasteiger partial charge in [-0.3, -0.25) is 4.79 Å². The summed E-state index contributed by atoms with van der Waals surface area (Å²) in [7, 11) is 0. The van der Waals surface area contributed by atoms with Crippen LogP contribution in [0.4, 0.5) is 0 Å². The minimum absolute atomic E-state index is 0.141. The van der Waals surface area contributed by atoms with Crippen LogP contribution in [0.15, 0.2) is 0 Å². The predicted molar refractivity (Wildman–Crippen MR) is 57.9 cm³/mol. The Kier molecular flexibility index (Phi) is 6.40. The molecule has 77 valence electrons. The Bertz CT molecular complexity index is 142. The number of rotatable bonds is 6. The first-order valence-corrected chi connectivity index (χ1v) is 5.38. The molecule has 0 amide bonds. The molecule has 0 aromatic rings. The van der Waals surface area contributed by atoms with Crippen LogP contribution in [0, 0.1) is 17.8 Å². The van der Waals surface area contributed by atoms with Crippen LogP contribution in [0.2, 0.25) is 0 Å². The second kappa shape index (κ2) is 6.42. The molecule has 0 aromatic heterocycles. The van der Waals surface area contributed by atoms with E-state index in [4.69, 9.17) is 11.6 Å². The first-order chi connectivity index (χ1) is 5.97. The van der Waals surface area contributed by atoms with Gasteiger partial charge in [0.2, 0.25) is 0 Å². The molecule has 13 heavy (non-hydrogen) atoms. The maximum atomic E-state index is 11.4. The maximum Gasteiger partial charge on any atom is 0.150 e. The van der Waals surface area contributed by atoms with Gasteiger partial charge in [-0.25, -0.2) is 0 Å².